The van der Waals surface area contributed by atoms with Gasteiger partial charge in [0, 0.05) is 29.8 Å². The molecule has 2 aromatic rings. The smallest absolute Gasteiger partial charge is 0.257 e. The zero-order valence-electron chi connectivity index (χ0n) is 13.7. The summed E-state index contributed by atoms with van der Waals surface area (Å²) >= 11 is 0. The summed E-state index contributed by atoms with van der Waals surface area (Å²) in [7, 11) is 0. The molecule has 0 bridgehead atoms. The summed E-state index contributed by atoms with van der Waals surface area (Å²) < 4.78 is 54.7. The second kappa shape index (κ2) is 8.15. The second-order valence-electron chi connectivity index (χ2n) is 5.69. The molecule has 0 aliphatic carbocycles. The lowest BCUT2D eigenvalue weighted by Crippen LogP contribution is -2.35. The Bertz CT molecular complexity index is 771. The largest absolute Gasteiger partial charge is 0.503 e. The first kappa shape index (κ1) is 19.7. The molecular formula is C17H16F4N2O3. The molecule has 0 saturated carbocycles. The number of phenols is 1. The van der Waals surface area contributed by atoms with Gasteiger partial charge in [-0.3, -0.25) is 14.9 Å². The van der Waals surface area contributed by atoms with Crippen LogP contribution in [0.15, 0.2) is 24.3 Å². The van der Waals surface area contributed by atoms with Crippen LogP contribution in [0.1, 0.15) is 16.7 Å². The minimum atomic E-state index is -1.21. The van der Waals surface area contributed by atoms with Crippen molar-refractivity contribution in [1.82, 2.24) is 10.4 Å². The summed E-state index contributed by atoms with van der Waals surface area (Å²) in [5, 5.41) is 18.0. The van der Waals surface area contributed by atoms with Gasteiger partial charge in [-0.1, -0.05) is 12.1 Å². The molecule has 0 saturated heterocycles. The molecule has 2 aromatic carbocycles. The zero-order valence-corrected chi connectivity index (χ0v) is 13.7. The third-order valence-corrected chi connectivity index (χ3v) is 3.83. The van der Waals surface area contributed by atoms with Gasteiger partial charge in [0.25, 0.3) is 5.91 Å². The summed E-state index contributed by atoms with van der Waals surface area (Å²) in [6, 6.07) is 4.16. The number of carbonyl (C=O) groups is 1. The number of nitrogens with zero attached hydrogens (tertiary/aromatic N) is 1. The lowest BCUT2D eigenvalue weighted by Gasteiger charge is -2.22. The summed E-state index contributed by atoms with van der Waals surface area (Å²) in [5.74, 6) is -5.93. The molecule has 0 aromatic heterocycles. The maximum Gasteiger partial charge on any atom is 0.257 e. The fraction of sp³-hybridized carbons (Fsp3) is 0.235. The van der Waals surface area contributed by atoms with Crippen LogP contribution in [0.4, 0.5) is 17.6 Å². The molecule has 0 radical (unpaired) electrons. The Balaban J connectivity index is 2.31. The number of phenolic OH excluding ortho intramolecular Hbond substituents is 1. The Labute approximate surface area is 146 Å². The van der Waals surface area contributed by atoms with E-state index in [9.17, 15) is 27.5 Å². The van der Waals surface area contributed by atoms with E-state index in [0.29, 0.717) is 0 Å². The van der Waals surface area contributed by atoms with Gasteiger partial charge in [-0.2, -0.15) is 0 Å². The summed E-state index contributed by atoms with van der Waals surface area (Å²) in [6.07, 6.45) is 0. The summed E-state index contributed by atoms with van der Waals surface area (Å²) in [5.41, 5.74) is 1.09. The van der Waals surface area contributed by atoms with Gasteiger partial charge in [-0.25, -0.2) is 23.0 Å². The van der Waals surface area contributed by atoms with Crippen LogP contribution in [0, 0.1) is 30.2 Å². The number of amides is 1. The number of aromatic hydroxyl groups is 1. The predicted octanol–water partition coefficient (Wildman–Crippen LogP) is 2.76. The van der Waals surface area contributed by atoms with Crippen LogP contribution in [-0.4, -0.2) is 27.7 Å². The molecule has 3 N–H and O–H groups in total. The number of benzene rings is 2. The number of hydroxylamine groups is 1. The molecule has 0 heterocycles. The molecule has 2 rings (SSSR count). The average molecular weight is 372 g/mol. The van der Waals surface area contributed by atoms with E-state index < -0.39 is 41.5 Å². The quantitative estimate of drug-likeness (QED) is 0.414. The molecule has 0 aliphatic heterocycles. The van der Waals surface area contributed by atoms with E-state index in [1.54, 1.807) is 0 Å². The molecular weight excluding hydrogens is 356 g/mol. The van der Waals surface area contributed by atoms with Gasteiger partial charge in [0.2, 0.25) is 0 Å². The average Bonchev–Trinajstić information content (AvgIpc) is 2.62. The minimum absolute atomic E-state index is 0.0429. The molecule has 140 valence electrons. The monoisotopic (exact) mass is 372 g/mol. The van der Waals surface area contributed by atoms with E-state index in [1.807, 2.05) is 0 Å². The van der Waals surface area contributed by atoms with Crippen LogP contribution >= 0.6 is 0 Å². The number of hydrogen-bond acceptors (Lipinski definition) is 4. The fourth-order valence-corrected chi connectivity index (χ4v) is 2.43. The Morgan fingerprint density at radius 2 is 1.54 bits per heavy atom. The van der Waals surface area contributed by atoms with Crippen molar-refractivity contribution in [3.8, 4) is 5.75 Å². The third kappa shape index (κ3) is 4.30. The first-order chi connectivity index (χ1) is 12.2. The maximum atomic E-state index is 14.2. The first-order valence-electron chi connectivity index (χ1n) is 7.49. The van der Waals surface area contributed by atoms with Crippen LogP contribution in [0.5, 0.6) is 5.75 Å². The van der Waals surface area contributed by atoms with E-state index >= 15 is 0 Å². The first-order valence-corrected chi connectivity index (χ1v) is 7.49. The van der Waals surface area contributed by atoms with Crippen molar-refractivity contribution in [3.63, 3.8) is 0 Å². The minimum Gasteiger partial charge on any atom is -0.503 e. The Morgan fingerprint density at radius 3 is 2.12 bits per heavy atom. The topological polar surface area (TPSA) is 72.8 Å². The summed E-state index contributed by atoms with van der Waals surface area (Å²) in [4.78, 5) is 12.7. The van der Waals surface area contributed by atoms with E-state index in [2.05, 4.69) is 0 Å². The van der Waals surface area contributed by atoms with Crippen LogP contribution in [0.25, 0.3) is 0 Å². The van der Waals surface area contributed by atoms with Gasteiger partial charge in [0.15, 0.2) is 17.4 Å². The highest BCUT2D eigenvalue weighted by Crippen LogP contribution is 2.25. The molecule has 0 fully saturated rings. The van der Waals surface area contributed by atoms with Crippen LogP contribution in [-0.2, 0) is 17.9 Å². The highest BCUT2D eigenvalue weighted by molar-refractivity contribution is 5.76. The second-order valence-corrected chi connectivity index (χ2v) is 5.69. The highest BCUT2D eigenvalue weighted by Gasteiger charge is 2.19. The summed E-state index contributed by atoms with van der Waals surface area (Å²) in [6.45, 7) is 0.265. The lowest BCUT2D eigenvalue weighted by atomic mass is 10.1. The highest BCUT2D eigenvalue weighted by atomic mass is 19.1. The van der Waals surface area contributed by atoms with Crippen molar-refractivity contribution in [2.45, 2.75) is 20.0 Å². The molecule has 5 nitrogen and oxygen atoms in total. The number of nitrogens with one attached hydrogen (secondary N) is 1. The number of carbonyl (C=O) groups excluding carboxylic acids is 1. The molecule has 0 spiro atoms. The number of halogens is 4. The van der Waals surface area contributed by atoms with E-state index in [1.165, 1.54) is 23.4 Å². The van der Waals surface area contributed by atoms with Gasteiger partial charge in [-0.05, 0) is 19.1 Å². The van der Waals surface area contributed by atoms with Crippen LogP contribution in [0.3, 0.4) is 0 Å². The Hall–Kier alpha value is -2.65. The molecule has 0 atom stereocenters. The van der Waals surface area contributed by atoms with Crippen molar-refractivity contribution in [2.24, 2.45) is 0 Å². The van der Waals surface area contributed by atoms with Crippen molar-refractivity contribution in [1.29, 1.82) is 0 Å². The SMILES string of the molecule is Cc1c(F)ccc(CN(CC(=O)NO)Cc2ccc(F)c(O)c2F)c1F. The van der Waals surface area contributed by atoms with Crippen molar-refractivity contribution < 1.29 is 32.7 Å². The number of rotatable bonds is 6. The molecule has 9 heteroatoms. The normalized spacial score (nSPS) is 11.0. The predicted molar refractivity (Wildman–Crippen MR) is 83.2 cm³/mol. The fourth-order valence-electron chi connectivity index (χ4n) is 2.43. The van der Waals surface area contributed by atoms with Gasteiger partial charge < -0.3 is 5.11 Å². The maximum absolute atomic E-state index is 14.2. The Morgan fingerprint density at radius 1 is 1.00 bits per heavy atom. The third-order valence-electron chi connectivity index (χ3n) is 3.83. The van der Waals surface area contributed by atoms with Gasteiger partial charge in [0.05, 0.1) is 6.54 Å². The molecule has 26 heavy (non-hydrogen) atoms. The lowest BCUT2D eigenvalue weighted by molar-refractivity contribution is -0.130. The van der Waals surface area contributed by atoms with Crippen molar-refractivity contribution in [3.05, 3.63) is 64.2 Å². The molecule has 1 amide bonds. The van der Waals surface area contributed by atoms with Gasteiger partial charge in [0.1, 0.15) is 11.6 Å². The molecule has 0 aliphatic rings. The van der Waals surface area contributed by atoms with Gasteiger partial charge >= 0.3 is 0 Å². The van der Waals surface area contributed by atoms with E-state index in [0.717, 1.165) is 18.2 Å². The Kier molecular flexibility index (Phi) is 6.17. The van der Waals surface area contributed by atoms with Crippen LogP contribution < -0.4 is 5.48 Å². The molecule has 0 unspecified atom stereocenters. The van der Waals surface area contributed by atoms with Crippen molar-refractivity contribution >= 4 is 5.91 Å². The van der Waals surface area contributed by atoms with E-state index in [4.69, 9.17) is 5.21 Å². The van der Waals surface area contributed by atoms with Gasteiger partial charge in [-0.15, -0.1) is 0 Å². The van der Waals surface area contributed by atoms with Crippen LogP contribution in [0.2, 0.25) is 0 Å². The van der Waals surface area contributed by atoms with Crippen molar-refractivity contribution in [2.75, 3.05) is 6.54 Å². The standard InChI is InChI=1S/C17H16F4N2O3/c1-9-12(18)4-2-10(15(9)20)6-23(8-14(24)22-26)7-11-3-5-13(19)17(25)16(11)21/h2-5,25-26H,6-8H2,1H3,(H,22,24). The van der Waals surface area contributed by atoms with E-state index in [-0.39, 0.29) is 29.8 Å². The zero-order chi connectivity index (χ0) is 19.4. The number of hydrogen-bond donors (Lipinski definition) is 3.